The monoisotopic (exact) mass is 364 g/mol. The molecule has 0 unspecified atom stereocenters. The van der Waals surface area contributed by atoms with Crippen molar-refractivity contribution in [2.45, 2.75) is 32.2 Å². The Balaban J connectivity index is 1.66. The van der Waals surface area contributed by atoms with Crippen LogP contribution in [0.4, 0.5) is 5.82 Å². The molecule has 0 aliphatic carbocycles. The van der Waals surface area contributed by atoms with Crippen LogP contribution in [0.25, 0.3) is 5.65 Å². The van der Waals surface area contributed by atoms with Gasteiger partial charge < -0.3 is 5.32 Å². The van der Waals surface area contributed by atoms with Crippen molar-refractivity contribution in [1.82, 2.24) is 25.3 Å². The molecule has 132 valence electrons. The van der Waals surface area contributed by atoms with Gasteiger partial charge in [0.2, 0.25) is 0 Å². The zero-order valence-corrected chi connectivity index (χ0v) is 15.5. The van der Waals surface area contributed by atoms with Crippen LogP contribution in [0.3, 0.4) is 0 Å². The van der Waals surface area contributed by atoms with Gasteiger partial charge in [0.25, 0.3) is 0 Å². The van der Waals surface area contributed by atoms with Crippen molar-refractivity contribution in [2.24, 2.45) is 0 Å². The standard InChI is InChI=1S/C19H20N6S/c1-3-13(2)14-6-8-15(9-7-14)19(16-5-4-12-26-16)20-17-10-11-18-21-23-24-25(18)22-17/h4-13,19H,3H2,1-2H3,(H,20,22)/t13-,19+/m0/s1. The van der Waals surface area contributed by atoms with Crippen molar-refractivity contribution in [3.05, 3.63) is 69.9 Å². The molecule has 7 heteroatoms. The van der Waals surface area contributed by atoms with Gasteiger partial charge in [0.1, 0.15) is 5.82 Å². The Morgan fingerprint density at radius 2 is 1.88 bits per heavy atom. The average Bonchev–Trinajstić information content (AvgIpc) is 3.37. The van der Waals surface area contributed by atoms with Gasteiger partial charge >= 0.3 is 0 Å². The van der Waals surface area contributed by atoms with Crippen molar-refractivity contribution in [2.75, 3.05) is 5.32 Å². The number of rotatable bonds is 6. The van der Waals surface area contributed by atoms with Crippen molar-refractivity contribution < 1.29 is 0 Å². The number of hydrogen-bond acceptors (Lipinski definition) is 6. The maximum absolute atomic E-state index is 4.44. The van der Waals surface area contributed by atoms with E-state index in [1.54, 1.807) is 11.3 Å². The number of benzene rings is 1. The fourth-order valence-electron chi connectivity index (χ4n) is 2.90. The van der Waals surface area contributed by atoms with E-state index < -0.39 is 0 Å². The molecular weight excluding hydrogens is 344 g/mol. The van der Waals surface area contributed by atoms with Gasteiger partial charge in [0.05, 0.1) is 6.04 Å². The first-order valence-electron chi connectivity index (χ1n) is 8.70. The van der Waals surface area contributed by atoms with Crippen LogP contribution in [0.5, 0.6) is 0 Å². The zero-order chi connectivity index (χ0) is 17.9. The fraction of sp³-hybridized carbons (Fsp3) is 0.263. The second-order valence-corrected chi connectivity index (χ2v) is 7.29. The first kappa shape index (κ1) is 16.7. The second kappa shape index (κ2) is 7.21. The van der Waals surface area contributed by atoms with Crippen molar-refractivity contribution >= 4 is 22.8 Å². The molecule has 0 spiro atoms. The molecule has 2 atom stereocenters. The number of fused-ring (bicyclic) bond motifs is 1. The molecule has 4 aromatic rings. The molecule has 1 N–H and O–H groups in total. The highest BCUT2D eigenvalue weighted by atomic mass is 32.1. The van der Waals surface area contributed by atoms with Gasteiger partial charge in [-0.3, -0.25) is 0 Å². The maximum Gasteiger partial charge on any atom is 0.200 e. The number of aromatic nitrogens is 5. The third-order valence-corrected chi connectivity index (χ3v) is 5.58. The molecular formula is C19H20N6S. The van der Waals surface area contributed by atoms with Gasteiger partial charge in [0.15, 0.2) is 5.65 Å². The lowest BCUT2D eigenvalue weighted by molar-refractivity contribution is 0.729. The third-order valence-electron chi connectivity index (χ3n) is 4.64. The van der Waals surface area contributed by atoms with Crippen LogP contribution in [0.1, 0.15) is 48.2 Å². The smallest absolute Gasteiger partial charge is 0.200 e. The Bertz CT molecular complexity index is 977. The van der Waals surface area contributed by atoms with Crippen molar-refractivity contribution in [1.29, 1.82) is 0 Å². The van der Waals surface area contributed by atoms with Crippen LogP contribution in [-0.2, 0) is 0 Å². The molecule has 26 heavy (non-hydrogen) atoms. The Hall–Kier alpha value is -2.80. The fourth-order valence-corrected chi connectivity index (χ4v) is 3.70. The molecule has 3 heterocycles. The maximum atomic E-state index is 4.44. The average molecular weight is 364 g/mol. The molecule has 0 radical (unpaired) electrons. The predicted octanol–water partition coefficient (Wildman–Crippen LogP) is 4.30. The summed E-state index contributed by atoms with van der Waals surface area (Å²) in [5, 5.41) is 21.5. The molecule has 6 nitrogen and oxygen atoms in total. The zero-order valence-electron chi connectivity index (χ0n) is 14.7. The predicted molar refractivity (Wildman–Crippen MR) is 104 cm³/mol. The number of nitrogens with one attached hydrogen (secondary N) is 1. The molecule has 0 amide bonds. The van der Waals surface area contributed by atoms with E-state index in [9.17, 15) is 0 Å². The molecule has 0 fully saturated rings. The van der Waals surface area contributed by atoms with E-state index in [4.69, 9.17) is 0 Å². The summed E-state index contributed by atoms with van der Waals surface area (Å²) in [7, 11) is 0. The van der Waals surface area contributed by atoms with Crippen LogP contribution >= 0.6 is 11.3 Å². The number of hydrogen-bond donors (Lipinski definition) is 1. The Morgan fingerprint density at radius 1 is 1.08 bits per heavy atom. The Kier molecular flexibility index (Phi) is 4.62. The summed E-state index contributed by atoms with van der Waals surface area (Å²) < 4.78 is 1.43. The summed E-state index contributed by atoms with van der Waals surface area (Å²) in [6.45, 7) is 4.48. The van der Waals surface area contributed by atoms with Crippen LogP contribution in [0, 0.1) is 0 Å². The SMILES string of the molecule is CC[C@H](C)c1ccc([C@@H](Nc2ccc3nnnn3n2)c2cccs2)cc1. The Labute approximate surface area is 155 Å². The lowest BCUT2D eigenvalue weighted by Gasteiger charge is -2.19. The van der Waals surface area contributed by atoms with Gasteiger partial charge in [-0.1, -0.05) is 44.2 Å². The minimum atomic E-state index is 0.0300. The first-order valence-corrected chi connectivity index (χ1v) is 9.58. The van der Waals surface area contributed by atoms with Crippen molar-refractivity contribution in [3.8, 4) is 0 Å². The minimum absolute atomic E-state index is 0.0300. The van der Waals surface area contributed by atoms with E-state index in [2.05, 4.69) is 81.6 Å². The van der Waals surface area contributed by atoms with Gasteiger partial charge in [-0.25, -0.2) is 0 Å². The van der Waals surface area contributed by atoms with Crippen LogP contribution in [0.15, 0.2) is 53.9 Å². The number of thiophene rings is 1. The van der Waals surface area contributed by atoms with Gasteiger partial charge in [0, 0.05) is 4.88 Å². The normalized spacial score (nSPS) is 13.6. The molecule has 0 aliphatic heterocycles. The molecule has 1 aromatic carbocycles. The highest BCUT2D eigenvalue weighted by Gasteiger charge is 2.17. The molecule has 4 rings (SSSR count). The number of tetrazole rings is 1. The molecule has 3 aromatic heterocycles. The third kappa shape index (κ3) is 3.30. The second-order valence-electron chi connectivity index (χ2n) is 6.31. The van der Waals surface area contributed by atoms with E-state index in [-0.39, 0.29) is 6.04 Å². The highest BCUT2D eigenvalue weighted by Crippen LogP contribution is 2.30. The quantitative estimate of drug-likeness (QED) is 0.552. The molecule has 0 aliphatic rings. The number of nitrogens with zero attached hydrogens (tertiary/aromatic N) is 5. The van der Waals surface area contributed by atoms with Gasteiger partial charge in [-0.2, -0.15) is 0 Å². The largest absolute Gasteiger partial charge is 0.357 e. The van der Waals surface area contributed by atoms with E-state index in [0.717, 1.165) is 12.2 Å². The minimum Gasteiger partial charge on any atom is -0.357 e. The Morgan fingerprint density at radius 3 is 2.62 bits per heavy atom. The summed E-state index contributed by atoms with van der Waals surface area (Å²) in [6, 6.07) is 16.9. The summed E-state index contributed by atoms with van der Waals surface area (Å²) in [4.78, 5) is 1.24. The van der Waals surface area contributed by atoms with E-state index in [0.29, 0.717) is 11.6 Å². The molecule has 0 saturated heterocycles. The summed E-state index contributed by atoms with van der Waals surface area (Å²) in [5.74, 6) is 1.30. The summed E-state index contributed by atoms with van der Waals surface area (Å²) in [6.07, 6.45) is 1.14. The summed E-state index contributed by atoms with van der Waals surface area (Å²) >= 11 is 1.73. The van der Waals surface area contributed by atoms with Crippen LogP contribution in [0.2, 0.25) is 0 Å². The topological polar surface area (TPSA) is 68.0 Å². The summed E-state index contributed by atoms with van der Waals surface area (Å²) in [5.41, 5.74) is 3.20. The van der Waals surface area contributed by atoms with Crippen LogP contribution in [-0.4, -0.2) is 25.3 Å². The van der Waals surface area contributed by atoms with Gasteiger partial charge in [-0.05, 0) is 57.5 Å². The first-order chi connectivity index (χ1) is 12.7. The van der Waals surface area contributed by atoms with E-state index >= 15 is 0 Å². The van der Waals surface area contributed by atoms with Crippen molar-refractivity contribution in [3.63, 3.8) is 0 Å². The van der Waals surface area contributed by atoms with Gasteiger partial charge in [-0.15, -0.1) is 26.2 Å². The lowest BCUT2D eigenvalue weighted by Crippen LogP contribution is -2.13. The highest BCUT2D eigenvalue weighted by molar-refractivity contribution is 7.10. The van der Waals surface area contributed by atoms with E-state index in [1.165, 1.54) is 20.6 Å². The van der Waals surface area contributed by atoms with Crippen LogP contribution < -0.4 is 5.32 Å². The molecule has 0 saturated carbocycles. The molecule has 0 bridgehead atoms. The number of anilines is 1. The lowest BCUT2D eigenvalue weighted by atomic mass is 9.95. The van der Waals surface area contributed by atoms with E-state index in [1.807, 2.05) is 12.1 Å².